The Morgan fingerprint density at radius 3 is 0.987 bits per heavy atom. The van der Waals surface area contributed by atoms with E-state index in [4.69, 9.17) is 37.2 Å². The average molecular weight is 1270 g/mol. The standard InChI is InChI=1S/C18H25BO2.C12H24B2O4.C12H21BO2.C12H13Br.C6H4BrI/c1-17(2)18(3,4)21-19(20-17)16-12-10-15(11-13-16)14-8-6-5-7-9-14;1-9(2)10(3,4)16-13(15-9)14-17-11(5,6)12(7,8)18-14;1-11(2)12(3,4)15-13(14-11)10-8-6-5-7-9-10;13-12-8-6-11(7-9-12)10-4-2-1-3-5-10;7-5-1-3-6(8)4-2-5/h8,10-13H,5-7,9H2,1-4H3;1-8H3;8H,5-7,9H2,1-4H3;4,6-9H,1-3,5H2;1-4H. The Kier molecular flexibility index (Phi) is 21.3. The van der Waals surface area contributed by atoms with Crippen molar-refractivity contribution in [1.29, 1.82) is 0 Å². The van der Waals surface area contributed by atoms with Crippen molar-refractivity contribution >= 4 is 99.3 Å². The van der Waals surface area contributed by atoms with Gasteiger partial charge in [0.05, 0.1) is 44.8 Å². The first-order chi connectivity index (χ1) is 34.8. The molecule has 8 nitrogen and oxygen atoms in total. The number of hydrogen-bond donors (Lipinski definition) is 0. The summed E-state index contributed by atoms with van der Waals surface area (Å²) in [5, 5.41) is 0. The van der Waals surface area contributed by atoms with E-state index in [1.807, 2.05) is 67.5 Å². The van der Waals surface area contributed by atoms with Gasteiger partial charge in [-0.1, -0.05) is 86.5 Å². The molecule has 4 aliphatic heterocycles. The van der Waals surface area contributed by atoms with Gasteiger partial charge in [-0.3, -0.25) is 0 Å². The highest BCUT2D eigenvalue weighted by molar-refractivity contribution is 14.1. The molecule has 4 saturated heterocycles. The van der Waals surface area contributed by atoms with Crippen LogP contribution >= 0.6 is 54.5 Å². The lowest BCUT2D eigenvalue weighted by molar-refractivity contribution is 0.00578. The molecule has 0 radical (unpaired) electrons. The minimum atomic E-state index is -0.476. The van der Waals surface area contributed by atoms with Gasteiger partial charge in [0.25, 0.3) is 0 Å². The second kappa shape index (κ2) is 25.5. The molecule has 0 bridgehead atoms. The fourth-order valence-electron chi connectivity index (χ4n) is 9.20. The van der Waals surface area contributed by atoms with Crippen LogP contribution in [0.3, 0.4) is 0 Å². The van der Waals surface area contributed by atoms with Crippen LogP contribution in [0.1, 0.15) is 199 Å². The molecular formula is C60H87B4Br2IO8. The molecule has 7 aliphatic rings. The Morgan fingerprint density at radius 1 is 0.360 bits per heavy atom. The van der Waals surface area contributed by atoms with Crippen LogP contribution in [-0.4, -0.2) is 73.1 Å². The third kappa shape index (κ3) is 16.3. The molecule has 0 aromatic heterocycles. The van der Waals surface area contributed by atoms with Gasteiger partial charge in [-0.2, -0.15) is 0 Å². The van der Waals surface area contributed by atoms with Crippen molar-refractivity contribution in [3.63, 3.8) is 0 Å². The number of benzene rings is 3. The SMILES string of the molecule is Brc1ccc(C2=CCCCC2)cc1.Brc1ccc(I)cc1.CC1(C)OB(B2OC(C)(C)C(C)(C)O2)OC1(C)C.CC1(C)OB(C2=CCCCC2)OC1(C)C.CC1(C)OB(c2ccc(C3=CCCCC3)cc2)OC1(C)C. The van der Waals surface area contributed by atoms with Crippen molar-refractivity contribution in [2.24, 2.45) is 0 Å². The van der Waals surface area contributed by atoms with Gasteiger partial charge in [-0.15, -0.1) is 0 Å². The molecular weight excluding hydrogens is 1180 g/mol. The summed E-state index contributed by atoms with van der Waals surface area (Å²) in [5.74, 6) is 0. The van der Waals surface area contributed by atoms with Gasteiger partial charge in [0.15, 0.2) is 0 Å². The maximum atomic E-state index is 6.10. The lowest BCUT2D eigenvalue weighted by atomic mass is 9.49. The van der Waals surface area contributed by atoms with Crippen LogP contribution in [0.25, 0.3) is 11.1 Å². The van der Waals surface area contributed by atoms with Crippen molar-refractivity contribution in [3.05, 3.63) is 120 Å². The topological polar surface area (TPSA) is 73.8 Å². The Morgan fingerprint density at radius 2 is 0.667 bits per heavy atom. The minimum Gasteiger partial charge on any atom is -0.405 e. The second-order valence-corrected chi connectivity index (χ2v) is 28.0. The zero-order chi connectivity index (χ0) is 55.3. The molecule has 3 aliphatic carbocycles. The molecule has 408 valence electrons. The Balaban J connectivity index is 0.000000157. The van der Waals surface area contributed by atoms with E-state index in [0.29, 0.717) is 0 Å². The smallest absolute Gasteiger partial charge is 0.405 e. The van der Waals surface area contributed by atoms with Crippen LogP contribution < -0.4 is 5.46 Å². The van der Waals surface area contributed by atoms with E-state index in [2.05, 4.69) is 189 Å². The maximum absolute atomic E-state index is 6.10. The second-order valence-electron chi connectivity index (χ2n) is 25.0. The molecule has 3 aromatic carbocycles. The predicted molar refractivity (Wildman–Crippen MR) is 331 cm³/mol. The summed E-state index contributed by atoms with van der Waals surface area (Å²) in [7, 11) is -1.31. The van der Waals surface area contributed by atoms with Crippen molar-refractivity contribution in [1.82, 2.24) is 0 Å². The van der Waals surface area contributed by atoms with Crippen LogP contribution in [0.5, 0.6) is 0 Å². The highest BCUT2D eigenvalue weighted by Gasteiger charge is 2.64. The molecule has 10 rings (SSSR count). The molecule has 15 heteroatoms. The first-order valence-electron chi connectivity index (χ1n) is 27.6. The fourth-order valence-corrected chi connectivity index (χ4v) is 10.1. The number of allylic oxidation sites excluding steroid dienone is 6. The third-order valence-corrected chi connectivity index (χ3v) is 18.8. The highest BCUT2D eigenvalue weighted by atomic mass is 127. The molecule has 4 heterocycles. The summed E-state index contributed by atoms with van der Waals surface area (Å²) < 4.78 is 51.6. The summed E-state index contributed by atoms with van der Waals surface area (Å²) in [5.41, 5.74) is 5.81. The Bertz CT molecular complexity index is 2320. The lowest BCUT2D eigenvalue weighted by Gasteiger charge is -2.32. The molecule has 4 fully saturated rings. The average Bonchev–Trinajstić information content (AvgIpc) is 3.91. The number of rotatable bonds is 5. The van der Waals surface area contributed by atoms with Gasteiger partial charge in [0, 0.05) is 12.5 Å². The molecule has 0 atom stereocenters. The van der Waals surface area contributed by atoms with E-state index < -0.39 is 14.0 Å². The van der Waals surface area contributed by atoms with E-state index in [1.54, 1.807) is 0 Å². The molecule has 3 aromatic rings. The lowest BCUT2D eigenvalue weighted by Crippen LogP contribution is -2.41. The molecule has 75 heavy (non-hydrogen) atoms. The normalized spacial score (nSPS) is 24.1. The van der Waals surface area contributed by atoms with Crippen molar-refractivity contribution in [2.75, 3.05) is 0 Å². The molecule has 0 N–H and O–H groups in total. The first kappa shape index (κ1) is 62.7. The molecule has 0 unspecified atom stereocenters. The Labute approximate surface area is 485 Å². The quantitative estimate of drug-likeness (QED) is 0.185. The summed E-state index contributed by atoms with van der Waals surface area (Å²) in [6, 6.07) is 25.5. The van der Waals surface area contributed by atoms with Crippen LogP contribution in [0.15, 0.2) is 105 Å². The zero-order valence-corrected chi connectivity index (χ0v) is 53.7. The summed E-state index contributed by atoms with van der Waals surface area (Å²) in [6.45, 7) is 33.0. The van der Waals surface area contributed by atoms with Gasteiger partial charge >= 0.3 is 28.3 Å². The summed E-state index contributed by atoms with van der Waals surface area (Å²) in [4.78, 5) is 0. The molecule has 0 amide bonds. The van der Waals surface area contributed by atoms with E-state index in [1.165, 1.54) is 102 Å². The molecule has 0 saturated carbocycles. The number of hydrogen-bond acceptors (Lipinski definition) is 8. The maximum Gasteiger partial charge on any atom is 0.494 e. The van der Waals surface area contributed by atoms with Gasteiger partial charge < -0.3 is 37.2 Å². The first-order valence-corrected chi connectivity index (χ1v) is 30.3. The highest BCUT2D eigenvalue weighted by Crippen LogP contribution is 2.44. The summed E-state index contributed by atoms with van der Waals surface area (Å²) in [6.07, 6.45) is 22.2. The van der Waals surface area contributed by atoms with E-state index >= 15 is 0 Å². The van der Waals surface area contributed by atoms with Gasteiger partial charge in [0.1, 0.15) is 0 Å². The van der Waals surface area contributed by atoms with E-state index in [9.17, 15) is 0 Å². The van der Waals surface area contributed by atoms with Crippen LogP contribution in [-0.2, 0) is 37.2 Å². The summed E-state index contributed by atoms with van der Waals surface area (Å²) >= 11 is 9.07. The van der Waals surface area contributed by atoms with Crippen LogP contribution in [0, 0.1) is 3.57 Å². The van der Waals surface area contributed by atoms with Crippen LogP contribution in [0.4, 0.5) is 0 Å². The minimum absolute atomic E-state index is 0.102. The zero-order valence-electron chi connectivity index (χ0n) is 48.4. The van der Waals surface area contributed by atoms with Crippen molar-refractivity contribution < 1.29 is 37.2 Å². The largest absolute Gasteiger partial charge is 0.494 e. The van der Waals surface area contributed by atoms with Crippen molar-refractivity contribution in [3.8, 4) is 0 Å². The van der Waals surface area contributed by atoms with Gasteiger partial charge in [0.2, 0.25) is 0 Å². The third-order valence-electron chi connectivity index (χ3n) is 17.1. The van der Waals surface area contributed by atoms with E-state index in [-0.39, 0.29) is 59.0 Å². The Hall–Kier alpha value is -1.49. The van der Waals surface area contributed by atoms with Gasteiger partial charge in [-0.25, -0.2) is 0 Å². The molecule has 0 spiro atoms. The van der Waals surface area contributed by atoms with Gasteiger partial charge in [-0.05, 0) is 280 Å². The predicted octanol–water partition coefficient (Wildman–Crippen LogP) is 16.8. The fraction of sp³-hybridized carbons (Fsp3) is 0.600. The number of halogens is 3. The van der Waals surface area contributed by atoms with Crippen LogP contribution in [0.2, 0.25) is 0 Å². The van der Waals surface area contributed by atoms with E-state index in [0.717, 1.165) is 20.8 Å². The monoisotopic (exact) mass is 1260 g/mol. The van der Waals surface area contributed by atoms with Crippen molar-refractivity contribution in [2.45, 2.75) is 233 Å².